The molecule has 0 aliphatic rings. The van der Waals surface area contributed by atoms with Gasteiger partial charge in [-0.3, -0.25) is 9.59 Å². The second kappa shape index (κ2) is 9.12. The van der Waals surface area contributed by atoms with Crippen molar-refractivity contribution in [1.82, 2.24) is 5.32 Å². The number of hydrogen-bond donors (Lipinski definition) is 1. The van der Waals surface area contributed by atoms with Gasteiger partial charge in [0.2, 0.25) is 5.91 Å². The lowest BCUT2D eigenvalue weighted by Crippen LogP contribution is -2.19. The van der Waals surface area contributed by atoms with E-state index in [9.17, 15) is 9.59 Å². The molecule has 1 amide bonds. The van der Waals surface area contributed by atoms with Crippen LogP contribution in [0.25, 0.3) is 0 Å². The van der Waals surface area contributed by atoms with Crippen LogP contribution in [0.4, 0.5) is 0 Å². The number of rotatable bonds is 9. The van der Waals surface area contributed by atoms with Crippen LogP contribution in [0, 0.1) is 5.41 Å². The Kier molecular flexibility index (Phi) is 8.69. The van der Waals surface area contributed by atoms with Gasteiger partial charge < -0.3 is 5.32 Å². The third kappa shape index (κ3) is 9.20. The number of Topliss-reactive ketones (excluding diaryl/α,β-unsaturated/α-hetero) is 1. The van der Waals surface area contributed by atoms with Crippen LogP contribution in [0.15, 0.2) is 0 Å². The maximum absolute atomic E-state index is 11.7. The number of amides is 1. The lowest BCUT2D eigenvalue weighted by molar-refractivity contribution is -0.126. The standard InChI is InChI=1S/C15H29NO2/c1-15(2,3)13(17)11-9-7-5-6-8-10-12-14(18)16-4/h5-12H2,1-4H3,(H,16,18). The molecule has 3 nitrogen and oxygen atoms in total. The summed E-state index contributed by atoms with van der Waals surface area (Å²) in [5.74, 6) is 0.493. The van der Waals surface area contributed by atoms with Crippen LogP contribution in [-0.4, -0.2) is 18.7 Å². The average Bonchev–Trinajstić information content (AvgIpc) is 2.30. The number of carbonyl (C=O) groups excluding carboxylic acids is 2. The summed E-state index contributed by atoms with van der Waals surface area (Å²) in [5, 5.41) is 2.63. The maximum atomic E-state index is 11.7. The van der Waals surface area contributed by atoms with E-state index >= 15 is 0 Å². The maximum Gasteiger partial charge on any atom is 0.219 e. The molecule has 18 heavy (non-hydrogen) atoms. The third-order valence-corrected chi connectivity index (χ3v) is 3.17. The highest BCUT2D eigenvalue weighted by molar-refractivity contribution is 5.83. The minimum atomic E-state index is -0.187. The van der Waals surface area contributed by atoms with Crippen LogP contribution in [0.5, 0.6) is 0 Å². The molecule has 0 aliphatic heterocycles. The van der Waals surface area contributed by atoms with E-state index in [1.807, 2.05) is 20.8 Å². The Hall–Kier alpha value is -0.860. The van der Waals surface area contributed by atoms with Crippen molar-refractivity contribution in [2.45, 2.75) is 72.1 Å². The normalized spacial score (nSPS) is 11.3. The van der Waals surface area contributed by atoms with E-state index < -0.39 is 0 Å². The smallest absolute Gasteiger partial charge is 0.219 e. The molecule has 0 aliphatic carbocycles. The Bertz CT molecular complexity index is 254. The van der Waals surface area contributed by atoms with E-state index in [1.165, 1.54) is 12.8 Å². The van der Waals surface area contributed by atoms with Gasteiger partial charge in [0.25, 0.3) is 0 Å². The summed E-state index contributed by atoms with van der Waals surface area (Å²) in [6.07, 6.45) is 7.90. The fourth-order valence-electron chi connectivity index (χ4n) is 1.78. The van der Waals surface area contributed by atoms with Gasteiger partial charge in [-0.05, 0) is 12.8 Å². The first kappa shape index (κ1) is 17.1. The van der Waals surface area contributed by atoms with E-state index in [1.54, 1.807) is 7.05 Å². The summed E-state index contributed by atoms with van der Waals surface area (Å²) < 4.78 is 0. The van der Waals surface area contributed by atoms with Gasteiger partial charge in [0.05, 0.1) is 0 Å². The zero-order valence-electron chi connectivity index (χ0n) is 12.5. The van der Waals surface area contributed by atoms with E-state index in [4.69, 9.17) is 0 Å². The van der Waals surface area contributed by atoms with Crippen LogP contribution in [-0.2, 0) is 9.59 Å². The second-order valence-electron chi connectivity index (χ2n) is 5.97. The first-order chi connectivity index (χ1) is 8.38. The molecule has 0 saturated carbocycles. The van der Waals surface area contributed by atoms with E-state index in [0.717, 1.165) is 25.7 Å². The molecule has 1 N–H and O–H groups in total. The SMILES string of the molecule is CNC(=O)CCCCCCCCC(=O)C(C)(C)C. The molecule has 0 radical (unpaired) electrons. The predicted molar refractivity (Wildman–Crippen MR) is 75.5 cm³/mol. The van der Waals surface area contributed by atoms with Gasteiger partial charge in [0, 0.05) is 25.3 Å². The van der Waals surface area contributed by atoms with Gasteiger partial charge in [-0.25, -0.2) is 0 Å². The number of ketones is 1. The van der Waals surface area contributed by atoms with Crippen LogP contribution >= 0.6 is 0 Å². The highest BCUT2D eigenvalue weighted by atomic mass is 16.1. The molecule has 0 spiro atoms. The summed E-state index contributed by atoms with van der Waals surface area (Å²) in [4.78, 5) is 22.6. The van der Waals surface area contributed by atoms with E-state index in [-0.39, 0.29) is 11.3 Å². The topological polar surface area (TPSA) is 46.2 Å². The number of unbranched alkanes of at least 4 members (excludes halogenated alkanes) is 5. The van der Waals surface area contributed by atoms with Gasteiger partial charge >= 0.3 is 0 Å². The second-order valence-corrected chi connectivity index (χ2v) is 5.97. The lowest BCUT2D eigenvalue weighted by atomic mass is 9.88. The summed E-state index contributed by atoms with van der Waals surface area (Å²) in [6, 6.07) is 0. The van der Waals surface area contributed by atoms with Crippen molar-refractivity contribution < 1.29 is 9.59 Å². The van der Waals surface area contributed by atoms with E-state index in [2.05, 4.69) is 5.32 Å². The van der Waals surface area contributed by atoms with Crippen molar-refractivity contribution in [3.05, 3.63) is 0 Å². The van der Waals surface area contributed by atoms with Crippen LogP contribution < -0.4 is 5.32 Å². The summed E-state index contributed by atoms with van der Waals surface area (Å²) >= 11 is 0. The Morgan fingerprint density at radius 3 is 1.72 bits per heavy atom. The fraction of sp³-hybridized carbons (Fsp3) is 0.867. The Morgan fingerprint density at radius 2 is 1.28 bits per heavy atom. The molecule has 0 atom stereocenters. The zero-order valence-corrected chi connectivity index (χ0v) is 12.5. The minimum Gasteiger partial charge on any atom is -0.359 e. The number of nitrogens with one attached hydrogen (secondary N) is 1. The Labute approximate surface area is 112 Å². The third-order valence-electron chi connectivity index (χ3n) is 3.17. The van der Waals surface area contributed by atoms with Crippen molar-refractivity contribution >= 4 is 11.7 Å². The average molecular weight is 255 g/mol. The summed E-state index contributed by atoms with van der Waals surface area (Å²) in [7, 11) is 1.68. The minimum absolute atomic E-state index is 0.130. The zero-order chi connectivity index (χ0) is 14.0. The van der Waals surface area contributed by atoms with Crippen LogP contribution in [0.1, 0.15) is 72.1 Å². The summed E-state index contributed by atoms with van der Waals surface area (Å²) in [5.41, 5.74) is -0.187. The van der Waals surface area contributed by atoms with Gasteiger partial charge in [-0.2, -0.15) is 0 Å². The molecular formula is C15H29NO2. The van der Waals surface area contributed by atoms with Gasteiger partial charge in [0.15, 0.2) is 0 Å². The quantitative estimate of drug-likeness (QED) is 0.641. The lowest BCUT2D eigenvalue weighted by Gasteiger charge is -2.16. The molecule has 0 heterocycles. The Morgan fingerprint density at radius 1 is 0.833 bits per heavy atom. The molecular weight excluding hydrogens is 226 g/mol. The summed E-state index contributed by atoms with van der Waals surface area (Å²) in [6.45, 7) is 5.94. The molecule has 0 bridgehead atoms. The highest BCUT2D eigenvalue weighted by Gasteiger charge is 2.19. The largest absolute Gasteiger partial charge is 0.359 e. The van der Waals surface area contributed by atoms with Gasteiger partial charge in [-0.15, -0.1) is 0 Å². The van der Waals surface area contributed by atoms with Crippen molar-refractivity contribution in [2.75, 3.05) is 7.05 Å². The van der Waals surface area contributed by atoms with Crippen LogP contribution in [0.2, 0.25) is 0 Å². The van der Waals surface area contributed by atoms with Crippen molar-refractivity contribution in [1.29, 1.82) is 0 Å². The Balaban J connectivity index is 3.32. The fourth-order valence-corrected chi connectivity index (χ4v) is 1.78. The van der Waals surface area contributed by atoms with Crippen molar-refractivity contribution in [2.24, 2.45) is 5.41 Å². The first-order valence-corrected chi connectivity index (χ1v) is 7.12. The molecule has 0 saturated heterocycles. The molecule has 106 valence electrons. The number of hydrogen-bond acceptors (Lipinski definition) is 2. The van der Waals surface area contributed by atoms with Gasteiger partial charge in [0.1, 0.15) is 5.78 Å². The molecule has 3 heteroatoms. The first-order valence-electron chi connectivity index (χ1n) is 7.12. The monoisotopic (exact) mass is 255 g/mol. The highest BCUT2D eigenvalue weighted by Crippen LogP contribution is 2.19. The molecule has 0 aromatic rings. The predicted octanol–water partition coefficient (Wildman–Crippen LogP) is 3.47. The van der Waals surface area contributed by atoms with Crippen molar-refractivity contribution in [3.8, 4) is 0 Å². The molecule has 0 unspecified atom stereocenters. The molecule has 0 rings (SSSR count). The molecule has 0 fully saturated rings. The van der Waals surface area contributed by atoms with Crippen LogP contribution in [0.3, 0.4) is 0 Å². The molecule has 0 aromatic carbocycles. The van der Waals surface area contributed by atoms with E-state index in [0.29, 0.717) is 18.6 Å². The van der Waals surface area contributed by atoms with Gasteiger partial charge in [-0.1, -0.05) is 46.5 Å². The molecule has 0 aromatic heterocycles. The van der Waals surface area contributed by atoms with Crippen molar-refractivity contribution in [3.63, 3.8) is 0 Å². The number of carbonyl (C=O) groups is 2.